The monoisotopic (exact) mass is 312 g/mol. The van der Waals surface area contributed by atoms with Crippen molar-refractivity contribution < 1.29 is 14.3 Å². The van der Waals surface area contributed by atoms with Gasteiger partial charge in [-0.15, -0.1) is 0 Å². The number of benzene rings is 2. The van der Waals surface area contributed by atoms with Crippen LogP contribution in [-0.4, -0.2) is 37.9 Å². The van der Waals surface area contributed by atoms with E-state index < -0.39 is 12.1 Å². The number of carbonyl (C=O) groups is 2. The predicted octanol–water partition coefficient (Wildman–Crippen LogP) is 2.71. The summed E-state index contributed by atoms with van der Waals surface area (Å²) in [6.07, 6.45) is -0.969. The average Bonchev–Trinajstić information content (AvgIpc) is 2.59. The van der Waals surface area contributed by atoms with Gasteiger partial charge in [-0.05, 0) is 12.1 Å². The summed E-state index contributed by atoms with van der Waals surface area (Å²) in [4.78, 5) is 26.3. The zero-order valence-corrected chi connectivity index (χ0v) is 13.4. The summed E-state index contributed by atoms with van der Waals surface area (Å²) < 4.78 is 5.52. The number of hydrogen-bond acceptors (Lipinski definition) is 4. The van der Waals surface area contributed by atoms with Crippen LogP contribution in [0.2, 0.25) is 0 Å². The minimum Gasteiger partial charge on any atom is -0.444 e. The van der Waals surface area contributed by atoms with Crippen molar-refractivity contribution in [3.8, 4) is 0 Å². The number of likely N-dealkylation sites (N-methyl/N-ethyl adjacent to an activating group) is 1. The molecule has 0 unspecified atom stereocenters. The molecule has 0 aliphatic rings. The van der Waals surface area contributed by atoms with Crippen molar-refractivity contribution in [2.75, 3.05) is 26.5 Å². The first-order chi connectivity index (χ1) is 11.0. The minimum atomic E-state index is -0.969. The van der Waals surface area contributed by atoms with Crippen LogP contribution in [0.3, 0.4) is 0 Å². The molecule has 120 valence electrons. The highest BCUT2D eigenvalue weighted by Gasteiger charge is 2.27. The van der Waals surface area contributed by atoms with Gasteiger partial charge in [-0.25, -0.2) is 4.79 Å². The molecule has 1 N–H and O–H groups in total. The van der Waals surface area contributed by atoms with Gasteiger partial charge in [-0.3, -0.25) is 4.79 Å². The van der Waals surface area contributed by atoms with Crippen LogP contribution in [-0.2, 0) is 9.53 Å². The van der Waals surface area contributed by atoms with Crippen LogP contribution in [0.25, 0.3) is 0 Å². The minimum absolute atomic E-state index is 0.286. The van der Waals surface area contributed by atoms with Crippen molar-refractivity contribution >= 4 is 17.6 Å². The number of rotatable bonds is 5. The molecule has 0 aliphatic carbocycles. The first-order valence-electron chi connectivity index (χ1n) is 7.28. The lowest BCUT2D eigenvalue weighted by atomic mass is 10.1. The van der Waals surface area contributed by atoms with Crippen molar-refractivity contribution in [3.05, 3.63) is 65.7 Å². The van der Waals surface area contributed by atoms with Crippen LogP contribution in [0.15, 0.2) is 54.6 Å². The SMILES string of the molecule is CNc1ccccc1C(=O)O[C@@H](C(=O)N(C)C)c1ccccc1. The summed E-state index contributed by atoms with van der Waals surface area (Å²) in [6.45, 7) is 0. The van der Waals surface area contributed by atoms with E-state index in [2.05, 4.69) is 5.32 Å². The molecule has 5 nitrogen and oxygen atoms in total. The largest absolute Gasteiger partial charge is 0.444 e. The van der Waals surface area contributed by atoms with Crippen LogP contribution in [0.5, 0.6) is 0 Å². The van der Waals surface area contributed by atoms with Gasteiger partial charge >= 0.3 is 5.97 Å². The first kappa shape index (κ1) is 16.5. The Balaban J connectivity index is 2.31. The van der Waals surface area contributed by atoms with Gasteiger partial charge in [0.05, 0.1) is 5.56 Å². The molecule has 2 aromatic carbocycles. The molecule has 0 radical (unpaired) electrons. The maximum Gasteiger partial charge on any atom is 0.341 e. The Hall–Kier alpha value is -2.82. The number of nitrogens with one attached hydrogen (secondary N) is 1. The molecule has 0 fully saturated rings. The van der Waals surface area contributed by atoms with E-state index in [1.165, 1.54) is 4.90 Å². The fourth-order valence-electron chi connectivity index (χ4n) is 2.17. The molecule has 23 heavy (non-hydrogen) atoms. The first-order valence-corrected chi connectivity index (χ1v) is 7.28. The number of nitrogens with zero attached hydrogens (tertiary/aromatic N) is 1. The molecule has 0 saturated carbocycles. The Kier molecular flexibility index (Phi) is 5.36. The van der Waals surface area contributed by atoms with Crippen molar-refractivity contribution in [1.82, 2.24) is 4.90 Å². The van der Waals surface area contributed by atoms with Gasteiger partial charge in [-0.1, -0.05) is 42.5 Å². The molecule has 1 amide bonds. The fourth-order valence-corrected chi connectivity index (χ4v) is 2.17. The van der Waals surface area contributed by atoms with Crippen molar-refractivity contribution in [2.45, 2.75) is 6.10 Å². The Bertz CT molecular complexity index is 684. The molecular weight excluding hydrogens is 292 g/mol. The average molecular weight is 312 g/mol. The molecule has 0 bridgehead atoms. The second-order valence-electron chi connectivity index (χ2n) is 5.22. The molecular formula is C18H20N2O3. The number of amides is 1. The normalized spacial score (nSPS) is 11.4. The van der Waals surface area contributed by atoms with Gasteiger partial charge < -0.3 is 15.0 Å². The summed E-state index contributed by atoms with van der Waals surface area (Å²) in [6, 6.07) is 16.0. The standard InChI is InChI=1S/C18H20N2O3/c1-19-15-12-8-7-11-14(15)18(22)23-16(17(21)20(2)3)13-9-5-4-6-10-13/h4-12,16,19H,1-3H3/t16-/m1/s1. The van der Waals surface area contributed by atoms with E-state index in [-0.39, 0.29) is 5.91 Å². The summed E-state index contributed by atoms with van der Waals surface area (Å²) in [7, 11) is 4.99. The fraction of sp³-hybridized carbons (Fsp3) is 0.222. The van der Waals surface area contributed by atoms with E-state index in [0.29, 0.717) is 16.8 Å². The number of esters is 1. The second kappa shape index (κ2) is 7.45. The smallest absolute Gasteiger partial charge is 0.341 e. The molecule has 5 heteroatoms. The van der Waals surface area contributed by atoms with Gasteiger partial charge in [-0.2, -0.15) is 0 Å². The molecule has 0 saturated heterocycles. The molecule has 0 aliphatic heterocycles. The second-order valence-corrected chi connectivity index (χ2v) is 5.22. The number of ether oxygens (including phenoxy) is 1. The Labute approximate surface area is 135 Å². The zero-order chi connectivity index (χ0) is 16.8. The van der Waals surface area contributed by atoms with Gasteiger partial charge in [0, 0.05) is 32.4 Å². The number of carbonyl (C=O) groups excluding carboxylic acids is 2. The quantitative estimate of drug-likeness (QED) is 0.863. The highest BCUT2D eigenvalue weighted by molar-refractivity contribution is 5.97. The van der Waals surface area contributed by atoms with E-state index in [1.54, 1.807) is 63.6 Å². The predicted molar refractivity (Wildman–Crippen MR) is 89.3 cm³/mol. The summed E-state index contributed by atoms with van der Waals surface area (Å²) in [5.74, 6) is -0.828. The van der Waals surface area contributed by atoms with Crippen LogP contribution in [0, 0.1) is 0 Å². The Morgan fingerprint density at radius 3 is 2.22 bits per heavy atom. The highest BCUT2D eigenvalue weighted by Crippen LogP contribution is 2.23. The van der Waals surface area contributed by atoms with E-state index in [9.17, 15) is 9.59 Å². The molecule has 1 atom stereocenters. The number of para-hydroxylation sites is 1. The van der Waals surface area contributed by atoms with Crippen molar-refractivity contribution in [1.29, 1.82) is 0 Å². The lowest BCUT2D eigenvalue weighted by Gasteiger charge is -2.21. The molecule has 2 aromatic rings. The lowest BCUT2D eigenvalue weighted by molar-refractivity contribution is -0.138. The van der Waals surface area contributed by atoms with Crippen LogP contribution in [0.4, 0.5) is 5.69 Å². The Morgan fingerprint density at radius 2 is 1.61 bits per heavy atom. The maximum absolute atomic E-state index is 12.5. The van der Waals surface area contributed by atoms with Crippen molar-refractivity contribution in [3.63, 3.8) is 0 Å². The summed E-state index contributed by atoms with van der Waals surface area (Å²) in [5.41, 5.74) is 1.69. The lowest BCUT2D eigenvalue weighted by Crippen LogP contribution is -2.31. The van der Waals surface area contributed by atoms with Crippen molar-refractivity contribution in [2.24, 2.45) is 0 Å². The highest BCUT2D eigenvalue weighted by atomic mass is 16.5. The third-order valence-electron chi connectivity index (χ3n) is 3.41. The third-order valence-corrected chi connectivity index (χ3v) is 3.41. The summed E-state index contributed by atoms with van der Waals surface area (Å²) in [5, 5.41) is 2.95. The van der Waals surface area contributed by atoms with Gasteiger partial charge in [0.25, 0.3) is 5.91 Å². The maximum atomic E-state index is 12.5. The van der Waals surface area contributed by atoms with E-state index in [1.807, 2.05) is 12.1 Å². The van der Waals surface area contributed by atoms with Gasteiger partial charge in [0.2, 0.25) is 6.10 Å². The third kappa shape index (κ3) is 3.88. The molecule has 0 aromatic heterocycles. The molecule has 0 heterocycles. The summed E-state index contributed by atoms with van der Waals surface area (Å²) >= 11 is 0. The topological polar surface area (TPSA) is 58.6 Å². The molecule has 2 rings (SSSR count). The number of hydrogen-bond donors (Lipinski definition) is 1. The molecule has 0 spiro atoms. The Morgan fingerprint density at radius 1 is 1.00 bits per heavy atom. The van der Waals surface area contributed by atoms with Crippen LogP contribution < -0.4 is 5.32 Å². The van der Waals surface area contributed by atoms with E-state index in [4.69, 9.17) is 4.74 Å². The van der Waals surface area contributed by atoms with Crippen LogP contribution in [0.1, 0.15) is 22.0 Å². The van der Waals surface area contributed by atoms with Gasteiger partial charge in [0.1, 0.15) is 0 Å². The van der Waals surface area contributed by atoms with E-state index >= 15 is 0 Å². The zero-order valence-electron chi connectivity index (χ0n) is 13.4. The number of anilines is 1. The van der Waals surface area contributed by atoms with E-state index in [0.717, 1.165) is 0 Å². The van der Waals surface area contributed by atoms with Gasteiger partial charge in [0.15, 0.2) is 0 Å². The van der Waals surface area contributed by atoms with Crippen LogP contribution >= 0.6 is 0 Å².